The molecule has 1 aliphatic heterocycles. The molecule has 0 aliphatic carbocycles. The minimum Gasteiger partial charge on any atom is -0.497 e. The maximum atomic E-state index is 13.1. The predicted molar refractivity (Wildman–Crippen MR) is 117 cm³/mol. The summed E-state index contributed by atoms with van der Waals surface area (Å²) in [5.41, 5.74) is 3.43. The number of aryl methyl sites for hydroxylation is 1. The standard InChI is InChI=1S/C23H26N4O3/c1-16-17(2)24-23-26(19-9-11-20(29-3)12-10-19)14-25(15-27(23)22(16)28)13-18-7-5-6-8-21(18)30-4/h5-12H,13-15H2,1-4H3. The Hall–Kier alpha value is -3.32. The molecule has 30 heavy (non-hydrogen) atoms. The minimum atomic E-state index is -0.0132. The smallest absolute Gasteiger partial charge is 0.259 e. The summed E-state index contributed by atoms with van der Waals surface area (Å²) in [7, 11) is 3.32. The van der Waals surface area contributed by atoms with Crippen LogP contribution in [-0.4, -0.2) is 35.3 Å². The lowest BCUT2D eigenvalue weighted by atomic mass is 10.2. The van der Waals surface area contributed by atoms with Gasteiger partial charge in [-0.05, 0) is 44.2 Å². The number of rotatable bonds is 5. The highest BCUT2D eigenvalue weighted by molar-refractivity contribution is 5.59. The van der Waals surface area contributed by atoms with Crippen LogP contribution < -0.4 is 19.9 Å². The van der Waals surface area contributed by atoms with Gasteiger partial charge in [-0.25, -0.2) is 4.98 Å². The lowest BCUT2D eigenvalue weighted by molar-refractivity contribution is 0.187. The third-order valence-electron chi connectivity index (χ3n) is 5.51. The van der Waals surface area contributed by atoms with Gasteiger partial charge in [-0.3, -0.25) is 19.2 Å². The number of benzene rings is 2. The number of para-hydroxylation sites is 1. The van der Waals surface area contributed by atoms with Crippen LogP contribution in [0, 0.1) is 13.8 Å². The Balaban J connectivity index is 1.76. The van der Waals surface area contributed by atoms with Crippen molar-refractivity contribution >= 4 is 11.6 Å². The van der Waals surface area contributed by atoms with Crippen LogP contribution in [0.1, 0.15) is 16.8 Å². The van der Waals surface area contributed by atoms with Crippen LogP contribution in [-0.2, 0) is 13.2 Å². The van der Waals surface area contributed by atoms with Crippen molar-refractivity contribution in [3.05, 3.63) is 75.7 Å². The van der Waals surface area contributed by atoms with E-state index in [1.165, 1.54) is 0 Å². The predicted octanol–water partition coefficient (Wildman–Crippen LogP) is 3.45. The molecule has 4 rings (SSSR count). The molecule has 2 heterocycles. The van der Waals surface area contributed by atoms with Crippen molar-refractivity contribution in [1.82, 2.24) is 14.5 Å². The molecule has 0 bridgehead atoms. The van der Waals surface area contributed by atoms with Gasteiger partial charge in [0.2, 0.25) is 5.95 Å². The molecule has 7 nitrogen and oxygen atoms in total. The van der Waals surface area contributed by atoms with Crippen molar-refractivity contribution in [2.75, 3.05) is 25.8 Å². The first-order valence-corrected chi connectivity index (χ1v) is 9.85. The fourth-order valence-corrected chi connectivity index (χ4v) is 3.72. The molecule has 0 saturated carbocycles. The van der Waals surface area contributed by atoms with Gasteiger partial charge >= 0.3 is 0 Å². The van der Waals surface area contributed by atoms with E-state index in [9.17, 15) is 4.79 Å². The molecule has 0 fully saturated rings. The molecule has 1 aromatic heterocycles. The van der Waals surface area contributed by atoms with Crippen molar-refractivity contribution in [3.8, 4) is 11.5 Å². The topological polar surface area (TPSA) is 59.8 Å². The molecular weight excluding hydrogens is 380 g/mol. The fourth-order valence-electron chi connectivity index (χ4n) is 3.72. The van der Waals surface area contributed by atoms with Crippen molar-refractivity contribution in [1.29, 1.82) is 0 Å². The van der Waals surface area contributed by atoms with Gasteiger partial charge in [-0.2, -0.15) is 0 Å². The van der Waals surface area contributed by atoms with Crippen LogP contribution in [0.3, 0.4) is 0 Å². The Kier molecular flexibility index (Phi) is 5.46. The van der Waals surface area contributed by atoms with Gasteiger partial charge in [0.15, 0.2) is 0 Å². The van der Waals surface area contributed by atoms with Crippen molar-refractivity contribution < 1.29 is 9.47 Å². The van der Waals surface area contributed by atoms with Gasteiger partial charge in [-0.1, -0.05) is 18.2 Å². The van der Waals surface area contributed by atoms with Gasteiger partial charge in [0, 0.05) is 29.1 Å². The van der Waals surface area contributed by atoms with Crippen molar-refractivity contribution in [2.24, 2.45) is 0 Å². The lowest BCUT2D eigenvalue weighted by Gasteiger charge is -2.38. The maximum absolute atomic E-state index is 13.1. The normalized spacial score (nSPS) is 13.8. The van der Waals surface area contributed by atoms with E-state index in [1.807, 2.05) is 62.4 Å². The Labute approximate surface area is 176 Å². The van der Waals surface area contributed by atoms with Gasteiger partial charge in [0.05, 0.1) is 27.6 Å². The second-order valence-corrected chi connectivity index (χ2v) is 7.41. The molecule has 2 aromatic carbocycles. The largest absolute Gasteiger partial charge is 0.497 e. The Bertz CT molecular complexity index is 1110. The molecule has 0 atom stereocenters. The third kappa shape index (κ3) is 3.64. The molecule has 0 amide bonds. The van der Waals surface area contributed by atoms with Crippen LogP contribution in [0.25, 0.3) is 0 Å². The molecule has 0 spiro atoms. The molecule has 0 radical (unpaired) electrons. The number of hydrogen-bond acceptors (Lipinski definition) is 6. The Morgan fingerprint density at radius 1 is 0.967 bits per heavy atom. The van der Waals surface area contributed by atoms with Gasteiger partial charge in [0.25, 0.3) is 5.56 Å². The Morgan fingerprint density at radius 2 is 1.70 bits per heavy atom. The minimum absolute atomic E-state index is 0.0132. The highest BCUT2D eigenvalue weighted by Gasteiger charge is 2.27. The van der Waals surface area contributed by atoms with E-state index in [2.05, 4.69) is 9.80 Å². The first-order chi connectivity index (χ1) is 14.5. The average Bonchev–Trinajstić information content (AvgIpc) is 2.78. The molecule has 0 saturated heterocycles. The van der Waals surface area contributed by atoms with Crippen LogP contribution in [0.4, 0.5) is 11.6 Å². The van der Waals surface area contributed by atoms with E-state index in [4.69, 9.17) is 14.5 Å². The quantitative estimate of drug-likeness (QED) is 0.647. The summed E-state index contributed by atoms with van der Waals surface area (Å²) < 4.78 is 12.6. The number of ether oxygens (including phenoxy) is 2. The zero-order valence-corrected chi connectivity index (χ0v) is 17.8. The monoisotopic (exact) mass is 406 g/mol. The third-order valence-corrected chi connectivity index (χ3v) is 5.51. The molecule has 1 aliphatic rings. The Morgan fingerprint density at radius 3 is 2.40 bits per heavy atom. The highest BCUT2D eigenvalue weighted by Crippen LogP contribution is 2.30. The van der Waals surface area contributed by atoms with E-state index in [1.54, 1.807) is 18.8 Å². The number of hydrogen-bond donors (Lipinski definition) is 0. The second kappa shape index (κ2) is 8.20. The first kappa shape index (κ1) is 20.0. The fraction of sp³-hybridized carbons (Fsp3) is 0.304. The second-order valence-electron chi connectivity index (χ2n) is 7.41. The summed E-state index contributed by atoms with van der Waals surface area (Å²) in [6, 6.07) is 15.8. The van der Waals surface area contributed by atoms with Gasteiger partial charge in [0.1, 0.15) is 11.5 Å². The van der Waals surface area contributed by atoms with Crippen molar-refractivity contribution in [3.63, 3.8) is 0 Å². The van der Waals surface area contributed by atoms with Crippen LogP contribution >= 0.6 is 0 Å². The molecule has 3 aromatic rings. The van der Waals surface area contributed by atoms with Crippen LogP contribution in [0.15, 0.2) is 53.3 Å². The zero-order valence-electron chi connectivity index (χ0n) is 17.8. The molecule has 0 unspecified atom stereocenters. The highest BCUT2D eigenvalue weighted by atomic mass is 16.5. The van der Waals surface area contributed by atoms with Gasteiger partial charge < -0.3 is 9.47 Å². The van der Waals surface area contributed by atoms with E-state index in [-0.39, 0.29) is 5.56 Å². The van der Waals surface area contributed by atoms with E-state index in [0.717, 1.165) is 28.4 Å². The molecular formula is C23H26N4O3. The SMILES string of the molecule is COc1ccc(N2CN(Cc3ccccc3OC)Cn3c2nc(C)c(C)c3=O)cc1. The van der Waals surface area contributed by atoms with Crippen LogP contribution in [0.5, 0.6) is 11.5 Å². The van der Waals surface area contributed by atoms with E-state index in [0.29, 0.717) is 31.4 Å². The van der Waals surface area contributed by atoms with E-state index < -0.39 is 0 Å². The number of methoxy groups -OCH3 is 2. The maximum Gasteiger partial charge on any atom is 0.259 e. The summed E-state index contributed by atoms with van der Waals surface area (Å²) >= 11 is 0. The molecule has 0 N–H and O–H groups in total. The lowest BCUT2D eigenvalue weighted by Crippen LogP contribution is -2.47. The summed E-state index contributed by atoms with van der Waals surface area (Å²) in [6.45, 7) is 5.42. The van der Waals surface area contributed by atoms with Crippen LogP contribution in [0.2, 0.25) is 0 Å². The zero-order chi connectivity index (χ0) is 21.3. The van der Waals surface area contributed by atoms with Gasteiger partial charge in [-0.15, -0.1) is 0 Å². The summed E-state index contributed by atoms with van der Waals surface area (Å²) in [6.07, 6.45) is 0. The average molecular weight is 406 g/mol. The van der Waals surface area contributed by atoms with Crippen molar-refractivity contribution in [2.45, 2.75) is 27.1 Å². The number of nitrogens with zero attached hydrogens (tertiary/aromatic N) is 4. The first-order valence-electron chi connectivity index (χ1n) is 9.85. The van der Waals surface area contributed by atoms with E-state index >= 15 is 0 Å². The number of aromatic nitrogens is 2. The number of anilines is 2. The summed E-state index contributed by atoms with van der Waals surface area (Å²) in [4.78, 5) is 22.1. The molecule has 156 valence electrons. The molecule has 7 heteroatoms. The summed E-state index contributed by atoms with van der Waals surface area (Å²) in [5.74, 6) is 2.28. The summed E-state index contributed by atoms with van der Waals surface area (Å²) in [5, 5.41) is 0. The number of fused-ring (bicyclic) bond motifs is 1.